The number of hydrogen-bond acceptors (Lipinski definition) is 6. The van der Waals surface area contributed by atoms with Crippen molar-refractivity contribution >= 4 is 35.0 Å². The summed E-state index contributed by atoms with van der Waals surface area (Å²) >= 11 is 1.13. The van der Waals surface area contributed by atoms with Gasteiger partial charge in [-0.25, -0.2) is 0 Å². The molecule has 1 aromatic heterocycles. The van der Waals surface area contributed by atoms with Crippen LogP contribution in [0, 0.1) is 0 Å². The number of halogens is 3. The van der Waals surface area contributed by atoms with Gasteiger partial charge in [-0.2, -0.15) is 13.2 Å². The van der Waals surface area contributed by atoms with Crippen molar-refractivity contribution in [1.29, 1.82) is 0 Å². The van der Waals surface area contributed by atoms with E-state index in [1.165, 1.54) is 12.1 Å². The molecule has 0 aliphatic heterocycles. The number of ether oxygens (including phenoxy) is 1. The van der Waals surface area contributed by atoms with Crippen molar-refractivity contribution in [2.24, 2.45) is 0 Å². The molecule has 2 amide bonds. The molecule has 190 valence electrons. The zero-order chi connectivity index (χ0) is 26.1. The van der Waals surface area contributed by atoms with Crippen molar-refractivity contribution in [1.82, 2.24) is 14.8 Å². The summed E-state index contributed by atoms with van der Waals surface area (Å²) in [6, 6.07) is 11.3. The third kappa shape index (κ3) is 7.60. The maximum atomic E-state index is 12.9. The highest BCUT2D eigenvalue weighted by atomic mass is 32.2. The van der Waals surface area contributed by atoms with E-state index in [0.29, 0.717) is 23.2 Å². The van der Waals surface area contributed by atoms with Crippen LogP contribution in [0.2, 0.25) is 0 Å². The third-order valence-electron chi connectivity index (χ3n) is 4.68. The second-order valence-corrected chi connectivity index (χ2v) is 8.34. The van der Waals surface area contributed by atoms with Gasteiger partial charge in [-0.3, -0.25) is 9.59 Å². The lowest BCUT2D eigenvalue weighted by molar-refractivity contribution is -0.137. The van der Waals surface area contributed by atoms with Crippen LogP contribution in [0.3, 0.4) is 0 Å². The molecule has 0 spiro atoms. The Bertz CT molecular complexity index is 1210. The molecular weight excluding hydrogens is 495 g/mol. The zero-order valence-corrected chi connectivity index (χ0v) is 20.2. The summed E-state index contributed by atoms with van der Waals surface area (Å²) in [7, 11) is 0. The molecular formula is C24H24F3N5O3S. The number of carbonyl (C=O) groups excluding carboxylic acids is 2. The van der Waals surface area contributed by atoms with Crippen molar-refractivity contribution in [3.8, 4) is 5.75 Å². The third-order valence-corrected chi connectivity index (χ3v) is 5.65. The van der Waals surface area contributed by atoms with Crippen molar-refractivity contribution in [3.63, 3.8) is 0 Å². The fourth-order valence-corrected chi connectivity index (χ4v) is 3.89. The topological polar surface area (TPSA) is 98.1 Å². The molecule has 0 aliphatic carbocycles. The van der Waals surface area contributed by atoms with Crippen LogP contribution < -0.4 is 15.4 Å². The number of carbonyl (C=O) groups is 2. The van der Waals surface area contributed by atoms with Crippen LogP contribution in [0.15, 0.2) is 66.3 Å². The van der Waals surface area contributed by atoms with Gasteiger partial charge in [-0.05, 0) is 49.4 Å². The number of rotatable bonds is 11. The van der Waals surface area contributed by atoms with Crippen LogP contribution in [0.4, 0.5) is 24.5 Å². The molecule has 0 radical (unpaired) electrons. The van der Waals surface area contributed by atoms with Gasteiger partial charge < -0.3 is 19.9 Å². The van der Waals surface area contributed by atoms with Gasteiger partial charge >= 0.3 is 6.18 Å². The van der Waals surface area contributed by atoms with E-state index < -0.39 is 17.6 Å². The van der Waals surface area contributed by atoms with Gasteiger partial charge in [0, 0.05) is 17.9 Å². The lowest BCUT2D eigenvalue weighted by Crippen LogP contribution is -2.18. The molecule has 3 aromatic rings. The summed E-state index contributed by atoms with van der Waals surface area (Å²) in [4.78, 5) is 24.8. The molecule has 0 unspecified atom stereocenters. The number of alkyl halides is 3. The van der Waals surface area contributed by atoms with Gasteiger partial charge in [-0.1, -0.05) is 23.9 Å². The van der Waals surface area contributed by atoms with E-state index in [1.807, 2.05) is 6.92 Å². The minimum absolute atomic E-state index is 0.0187. The zero-order valence-electron chi connectivity index (χ0n) is 19.3. The fourth-order valence-electron chi connectivity index (χ4n) is 3.12. The number of thioether (sulfide) groups is 1. The highest BCUT2D eigenvalue weighted by molar-refractivity contribution is 7.99. The van der Waals surface area contributed by atoms with Crippen LogP contribution >= 0.6 is 11.8 Å². The van der Waals surface area contributed by atoms with E-state index in [9.17, 15) is 22.8 Å². The second-order valence-electron chi connectivity index (χ2n) is 7.40. The van der Waals surface area contributed by atoms with E-state index in [1.54, 1.807) is 34.9 Å². The summed E-state index contributed by atoms with van der Waals surface area (Å²) in [6.07, 6.45) is -3.16. The normalized spacial score (nSPS) is 11.1. The average Bonchev–Trinajstić information content (AvgIpc) is 3.20. The molecule has 1 heterocycles. The molecule has 0 saturated carbocycles. The summed E-state index contributed by atoms with van der Waals surface area (Å²) in [5, 5.41) is 13.7. The highest BCUT2D eigenvalue weighted by Gasteiger charge is 2.30. The predicted octanol–water partition coefficient (Wildman–Crippen LogP) is 4.79. The number of benzene rings is 2. The molecule has 3 rings (SSSR count). The van der Waals surface area contributed by atoms with Crippen molar-refractivity contribution in [2.75, 3.05) is 23.0 Å². The summed E-state index contributed by atoms with van der Waals surface area (Å²) in [5.74, 6) is 0.206. The van der Waals surface area contributed by atoms with E-state index >= 15 is 0 Å². The molecule has 0 bridgehead atoms. The first-order valence-electron chi connectivity index (χ1n) is 10.8. The first kappa shape index (κ1) is 26.8. The van der Waals surface area contributed by atoms with Crippen LogP contribution in [0.25, 0.3) is 0 Å². The maximum absolute atomic E-state index is 12.9. The Morgan fingerprint density at radius 1 is 1.08 bits per heavy atom. The Kier molecular flexibility index (Phi) is 9.12. The van der Waals surface area contributed by atoms with E-state index in [0.717, 1.165) is 23.9 Å². The number of allylic oxidation sites excluding steroid dienone is 1. The average molecular weight is 520 g/mol. The first-order chi connectivity index (χ1) is 17.2. The molecule has 8 nitrogen and oxygen atoms in total. The Labute approximate surface area is 209 Å². The number of aromatic nitrogens is 3. The summed E-state index contributed by atoms with van der Waals surface area (Å²) < 4.78 is 45.7. The quantitative estimate of drug-likeness (QED) is 0.279. The molecule has 0 fully saturated rings. The standard InChI is InChI=1S/C24H24F3N5O3S/c1-3-12-32-20(14-21(33)29-18-7-5-6-16(13-18)24(25,26)27)30-31-23(32)36-15-22(34)28-17-8-10-19(11-9-17)35-4-2/h3,5-11,13H,1,4,12,14-15H2,2H3,(H,28,34)(H,29,33). The van der Waals surface area contributed by atoms with Crippen molar-refractivity contribution in [2.45, 2.75) is 31.2 Å². The molecule has 0 aliphatic rings. The first-order valence-corrected chi connectivity index (χ1v) is 11.8. The molecule has 2 N–H and O–H groups in total. The predicted molar refractivity (Wildman–Crippen MR) is 131 cm³/mol. The van der Waals surface area contributed by atoms with E-state index in [2.05, 4.69) is 27.4 Å². The molecule has 0 saturated heterocycles. The van der Waals surface area contributed by atoms with Gasteiger partial charge in [-0.15, -0.1) is 16.8 Å². The van der Waals surface area contributed by atoms with Crippen LogP contribution in [0.1, 0.15) is 18.3 Å². The number of nitrogens with zero attached hydrogens (tertiary/aromatic N) is 3. The van der Waals surface area contributed by atoms with Gasteiger partial charge in [0.1, 0.15) is 11.6 Å². The minimum Gasteiger partial charge on any atom is -0.494 e. The summed E-state index contributed by atoms with van der Waals surface area (Å²) in [5.41, 5.74) is -0.231. The fraction of sp³-hybridized carbons (Fsp3) is 0.250. The van der Waals surface area contributed by atoms with E-state index in [-0.39, 0.29) is 36.1 Å². The molecule has 0 atom stereocenters. The van der Waals surface area contributed by atoms with Gasteiger partial charge in [0.15, 0.2) is 5.16 Å². The van der Waals surface area contributed by atoms with Gasteiger partial charge in [0.05, 0.1) is 24.3 Å². The Morgan fingerprint density at radius 3 is 2.47 bits per heavy atom. The number of hydrogen-bond donors (Lipinski definition) is 2. The van der Waals surface area contributed by atoms with Crippen LogP contribution in [0.5, 0.6) is 5.75 Å². The summed E-state index contributed by atoms with van der Waals surface area (Å²) in [6.45, 7) is 6.39. The monoisotopic (exact) mass is 519 g/mol. The number of anilines is 2. The number of amides is 2. The molecule has 12 heteroatoms. The lowest BCUT2D eigenvalue weighted by Gasteiger charge is -2.11. The van der Waals surface area contributed by atoms with Gasteiger partial charge in [0.25, 0.3) is 0 Å². The van der Waals surface area contributed by atoms with Crippen molar-refractivity contribution in [3.05, 3.63) is 72.6 Å². The lowest BCUT2D eigenvalue weighted by atomic mass is 10.2. The molecule has 2 aromatic carbocycles. The number of nitrogens with one attached hydrogen (secondary N) is 2. The smallest absolute Gasteiger partial charge is 0.416 e. The van der Waals surface area contributed by atoms with Crippen LogP contribution in [-0.4, -0.2) is 38.9 Å². The maximum Gasteiger partial charge on any atom is 0.416 e. The second kappa shape index (κ2) is 12.2. The van der Waals surface area contributed by atoms with Gasteiger partial charge in [0.2, 0.25) is 11.8 Å². The highest BCUT2D eigenvalue weighted by Crippen LogP contribution is 2.30. The Morgan fingerprint density at radius 2 is 1.81 bits per heavy atom. The van der Waals surface area contributed by atoms with Crippen LogP contribution in [-0.2, 0) is 28.7 Å². The van der Waals surface area contributed by atoms with Crippen molar-refractivity contribution < 1.29 is 27.5 Å². The SMILES string of the molecule is C=CCn1c(CC(=O)Nc2cccc(C(F)(F)F)c2)nnc1SCC(=O)Nc1ccc(OCC)cc1. The largest absolute Gasteiger partial charge is 0.494 e. The van der Waals surface area contributed by atoms with E-state index in [4.69, 9.17) is 4.74 Å². The minimum atomic E-state index is -4.52. The Hall–Kier alpha value is -3.80. The Balaban J connectivity index is 1.60. The molecule has 36 heavy (non-hydrogen) atoms.